The van der Waals surface area contributed by atoms with E-state index in [1.807, 2.05) is 20.8 Å². The lowest BCUT2D eigenvalue weighted by Crippen LogP contribution is -2.58. The van der Waals surface area contributed by atoms with Gasteiger partial charge in [-0.2, -0.15) is 0 Å². The molecule has 0 aromatic carbocycles. The highest BCUT2D eigenvalue weighted by molar-refractivity contribution is 5.69. The summed E-state index contributed by atoms with van der Waals surface area (Å²) >= 11 is 0. The maximum Gasteiger partial charge on any atom is 0.410 e. The van der Waals surface area contributed by atoms with Crippen molar-refractivity contribution in [2.24, 2.45) is 5.92 Å². The standard InChI is InChI=1S/C15H28N2O4/c1-11(2)12-10-16(7-6-13(18)19)8-9-17(12)14(20)21-15(3,4)5/h11-12H,6-10H2,1-5H3,(H,18,19)/t12-/m1/s1. The van der Waals surface area contributed by atoms with E-state index in [9.17, 15) is 9.59 Å². The van der Waals surface area contributed by atoms with E-state index in [2.05, 4.69) is 18.7 Å². The van der Waals surface area contributed by atoms with Crippen molar-refractivity contribution in [2.75, 3.05) is 26.2 Å². The van der Waals surface area contributed by atoms with Crippen molar-refractivity contribution in [1.82, 2.24) is 9.80 Å². The molecule has 0 aliphatic carbocycles. The Hall–Kier alpha value is -1.30. The topological polar surface area (TPSA) is 70.1 Å². The third-order valence-electron chi connectivity index (χ3n) is 3.54. The molecule has 1 amide bonds. The zero-order valence-corrected chi connectivity index (χ0v) is 13.8. The molecule has 1 heterocycles. The van der Waals surface area contributed by atoms with Crippen molar-refractivity contribution < 1.29 is 19.4 Å². The summed E-state index contributed by atoms with van der Waals surface area (Å²) in [7, 11) is 0. The normalized spacial score (nSPS) is 20.7. The number of nitrogens with zero attached hydrogens (tertiary/aromatic N) is 2. The summed E-state index contributed by atoms with van der Waals surface area (Å²) < 4.78 is 5.47. The van der Waals surface area contributed by atoms with E-state index in [1.54, 1.807) is 4.90 Å². The second-order valence-electron chi connectivity index (χ2n) is 6.93. The van der Waals surface area contributed by atoms with Crippen LogP contribution in [0.2, 0.25) is 0 Å². The molecular weight excluding hydrogens is 272 g/mol. The third kappa shape index (κ3) is 5.91. The molecule has 0 radical (unpaired) electrons. The second kappa shape index (κ2) is 7.11. The molecule has 6 heteroatoms. The fourth-order valence-corrected chi connectivity index (χ4v) is 2.44. The molecule has 1 rings (SSSR count). The van der Waals surface area contributed by atoms with Gasteiger partial charge in [-0.1, -0.05) is 13.8 Å². The van der Waals surface area contributed by atoms with Gasteiger partial charge in [0.15, 0.2) is 0 Å². The van der Waals surface area contributed by atoms with Crippen LogP contribution in [0.5, 0.6) is 0 Å². The SMILES string of the molecule is CC(C)[C@H]1CN(CCC(=O)O)CCN1C(=O)OC(C)(C)C. The Morgan fingerprint density at radius 1 is 1.29 bits per heavy atom. The summed E-state index contributed by atoms with van der Waals surface area (Å²) in [5, 5.41) is 8.78. The van der Waals surface area contributed by atoms with E-state index < -0.39 is 11.6 Å². The van der Waals surface area contributed by atoms with Gasteiger partial charge in [0.05, 0.1) is 12.5 Å². The molecule has 1 fully saturated rings. The Morgan fingerprint density at radius 3 is 2.38 bits per heavy atom. The summed E-state index contributed by atoms with van der Waals surface area (Å²) in [6.45, 7) is 12.2. The Morgan fingerprint density at radius 2 is 1.90 bits per heavy atom. The molecular formula is C15H28N2O4. The molecule has 6 nitrogen and oxygen atoms in total. The van der Waals surface area contributed by atoms with Gasteiger partial charge in [-0.15, -0.1) is 0 Å². The number of piperazine rings is 1. The van der Waals surface area contributed by atoms with Crippen LogP contribution in [0, 0.1) is 5.92 Å². The van der Waals surface area contributed by atoms with E-state index >= 15 is 0 Å². The Kier molecular flexibility index (Phi) is 6.01. The van der Waals surface area contributed by atoms with E-state index in [-0.39, 0.29) is 18.6 Å². The van der Waals surface area contributed by atoms with Crippen molar-refractivity contribution in [1.29, 1.82) is 0 Å². The lowest BCUT2D eigenvalue weighted by molar-refractivity contribution is -0.137. The molecule has 1 aliphatic rings. The fourth-order valence-electron chi connectivity index (χ4n) is 2.44. The molecule has 1 saturated heterocycles. The van der Waals surface area contributed by atoms with Crippen LogP contribution < -0.4 is 0 Å². The smallest absolute Gasteiger partial charge is 0.410 e. The zero-order chi connectivity index (χ0) is 16.2. The van der Waals surface area contributed by atoms with E-state index in [1.165, 1.54) is 0 Å². The van der Waals surface area contributed by atoms with E-state index in [4.69, 9.17) is 9.84 Å². The minimum absolute atomic E-state index is 0.0578. The molecule has 1 atom stereocenters. The highest BCUT2D eigenvalue weighted by Gasteiger charge is 2.34. The number of hydrogen-bond acceptors (Lipinski definition) is 4. The first-order valence-electron chi connectivity index (χ1n) is 7.54. The average Bonchev–Trinajstić information content (AvgIpc) is 2.33. The molecule has 0 saturated carbocycles. The predicted molar refractivity (Wildman–Crippen MR) is 80.3 cm³/mol. The summed E-state index contributed by atoms with van der Waals surface area (Å²) in [4.78, 5) is 26.9. The highest BCUT2D eigenvalue weighted by Crippen LogP contribution is 2.20. The molecule has 21 heavy (non-hydrogen) atoms. The van der Waals surface area contributed by atoms with Crippen LogP contribution in [0.25, 0.3) is 0 Å². The lowest BCUT2D eigenvalue weighted by Gasteiger charge is -2.43. The Labute approximate surface area is 127 Å². The number of aliphatic carboxylic acids is 1. The van der Waals surface area contributed by atoms with Crippen LogP contribution in [-0.4, -0.2) is 64.8 Å². The van der Waals surface area contributed by atoms with Gasteiger partial charge in [0.25, 0.3) is 0 Å². The molecule has 1 aliphatic heterocycles. The van der Waals surface area contributed by atoms with E-state index in [0.717, 1.165) is 0 Å². The highest BCUT2D eigenvalue weighted by atomic mass is 16.6. The van der Waals surface area contributed by atoms with Crippen LogP contribution in [0.4, 0.5) is 4.79 Å². The van der Waals surface area contributed by atoms with Crippen molar-refractivity contribution in [2.45, 2.75) is 52.7 Å². The average molecular weight is 300 g/mol. The monoisotopic (exact) mass is 300 g/mol. The number of carbonyl (C=O) groups excluding carboxylic acids is 1. The molecule has 122 valence electrons. The lowest BCUT2D eigenvalue weighted by atomic mass is 10.00. The maximum atomic E-state index is 12.3. The van der Waals surface area contributed by atoms with Crippen LogP contribution in [0.3, 0.4) is 0 Å². The van der Waals surface area contributed by atoms with Crippen molar-refractivity contribution in [3.05, 3.63) is 0 Å². The number of hydrogen-bond donors (Lipinski definition) is 1. The Balaban J connectivity index is 2.66. The molecule has 0 spiro atoms. The molecule has 0 bridgehead atoms. The minimum Gasteiger partial charge on any atom is -0.481 e. The predicted octanol–water partition coefficient (Wildman–Crippen LogP) is 2.04. The molecule has 0 aromatic heterocycles. The number of rotatable bonds is 4. The summed E-state index contributed by atoms with van der Waals surface area (Å²) in [5.41, 5.74) is -0.501. The van der Waals surface area contributed by atoms with Gasteiger partial charge < -0.3 is 14.7 Å². The first-order chi connectivity index (χ1) is 9.60. The van der Waals surface area contributed by atoms with Gasteiger partial charge in [0, 0.05) is 26.2 Å². The van der Waals surface area contributed by atoms with Gasteiger partial charge >= 0.3 is 12.1 Å². The number of amides is 1. The fraction of sp³-hybridized carbons (Fsp3) is 0.867. The van der Waals surface area contributed by atoms with Crippen LogP contribution in [-0.2, 0) is 9.53 Å². The first kappa shape index (κ1) is 17.8. The van der Waals surface area contributed by atoms with Crippen LogP contribution in [0.1, 0.15) is 41.0 Å². The molecule has 1 N–H and O–H groups in total. The quantitative estimate of drug-likeness (QED) is 0.860. The maximum absolute atomic E-state index is 12.3. The van der Waals surface area contributed by atoms with Crippen LogP contribution >= 0.6 is 0 Å². The largest absolute Gasteiger partial charge is 0.481 e. The van der Waals surface area contributed by atoms with Gasteiger partial charge in [-0.3, -0.25) is 9.69 Å². The van der Waals surface area contributed by atoms with Gasteiger partial charge in [0.1, 0.15) is 5.60 Å². The third-order valence-corrected chi connectivity index (χ3v) is 3.54. The number of carboxylic acid groups (broad SMARTS) is 1. The summed E-state index contributed by atoms with van der Waals surface area (Å²) in [5.74, 6) is -0.490. The summed E-state index contributed by atoms with van der Waals surface area (Å²) in [6.07, 6.45) is -0.142. The van der Waals surface area contributed by atoms with Crippen molar-refractivity contribution >= 4 is 12.1 Å². The van der Waals surface area contributed by atoms with Gasteiger partial charge in [-0.25, -0.2) is 4.79 Å². The number of ether oxygens (including phenoxy) is 1. The number of carboxylic acids is 1. The summed E-state index contributed by atoms with van der Waals surface area (Å²) in [6, 6.07) is 0.0578. The minimum atomic E-state index is -0.786. The van der Waals surface area contributed by atoms with Gasteiger partial charge in [-0.05, 0) is 26.7 Å². The number of carbonyl (C=O) groups is 2. The van der Waals surface area contributed by atoms with E-state index in [0.29, 0.717) is 32.1 Å². The van der Waals surface area contributed by atoms with Crippen molar-refractivity contribution in [3.63, 3.8) is 0 Å². The second-order valence-corrected chi connectivity index (χ2v) is 6.93. The van der Waals surface area contributed by atoms with Crippen LogP contribution in [0.15, 0.2) is 0 Å². The van der Waals surface area contributed by atoms with Gasteiger partial charge in [0.2, 0.25) is 0 Å². The van der Waals surface area contributed by atoms with Crippen molar-refractivity contribution in [3.8, 4) is 0 Å². The zero-order valence-electron chi connectivity index (χ0n) is 13.8. The Bertz CT molecular complexity index is 376. The molecule has 0 unspecified atom stereocenters. The molecule has 0 aromatic rings. The first-order valence-corrected chi connectivity index (χ1v) is 7.54.